The molecule has 0 radical (unpaired) electrons. The van der Waals surface area contributed by atoms with Gasteiger partial charge in [0.25, 0.3) is 5.91 Å². The van der Waals surface area contributed by atoms with E-state index in [-0.39, 0.29) is 23.9 Å². The summed E-state index contributed by atoms with van der Waals surface area (Å²) >= 11 is 0. The number of amides is 1. The number of nitrogens with one attached hydrogen (secondary N) is 1. The molecule has 0 aliphatic heterocycles. The summed E-state index contributed by atoms with van der Waals surface area (Å²) in [6.45, 7) is 5.97. The number of carbonyl (C=O) groups is 1. The molecule has 1 heterocycles. The molecule has 0 unspecified atom stereocenters. The Labute approximate surface area is 217 Å². The van der Waals surface area contributed by atoms with E-state index in [2.05, 4.69) is 10.5 Å². The first kappa shape index (κ1) is 26.1. The van der Waals surface area contributed by atoms with Crippen molar-refractivity contribution >= 4 is 22.1 Å². The lowest BCUT2D eigenvalue weighted by molar-refractivity contribution is 0.0954. The predicted molar refractivity (Wildman–Crippen MR) is 144 cm³/mol. The molecular formula is C29H29N3O4S. The average molecular weight is 516 g/mol. The van der Waals surface area contributed by atoms with Crippen LogP contribution in [0.4, 0.5) is 0 Å². The highest BCUT2D eigenvalue weighted by Gasteiger charge is 2.26. The molecule has 7 nitrogen and oxygen atoms in total. The second-order valence-corrected chi connectivity index (χ2v) is 10.8. The van der Waals surface area contributed by atoms with Crippen molar-refractivity contribution in [3.05, 3.63) is 124 Å². The fourth-order valence-electron chi connectivity index (χ4n) is 3.75. The fraction of sp³-hybridized carbons (Fsp3) is 0.172. The molecular weight excluding hydrogens is 486 g/mol. The number of sulfonamides is 1. The molecule has 0 fully saturated rings. The first-order valence-corrected chi connectivity index (χ1v) is 13.3. The Morgan fingerprint density at radius 2 is 1.51 bits per heavy atom. The van der Waals surface area contributed by atoms with E-state index in [0.29, 0.717) is 17.1 Å². The van der Waals surface area contributed by atoms with Crippen LogP contribution in [0.25, 0.3) is 0 Å². The monoisotopic (exact) mass is 515 g/mol. The Morgan fingerprint density at radius 3 is 2.19 bits per heavy atom. The van der Waals surface area contributed by atoms with E-state index < -0.39 is 10.0 Å². The quantitative estimate of drug-likeness (QED) is 0.240. The van der Waals surface area contributed by atoms with Gasteiger partial charge in [0.2, 0.25) is 10.0 Å². The van der Waals surface area contributed by atoms with Crippen LogP contribution in [0.3, 0.4) is 0 Å². The fourth-order valence-corrected chi connectivity index (χ4v) is 5.14. The summed E-state index contributed by atoms with van der Waals surface area (Å²) in [6.07, 6.45) is 1.39. The van der Waals surface area contributed by atoms with Crippen molar-refractivity contribution in [2.45, 2.75) is 38.8 Å². The second kappa shape index (κ2) is 11.4. The second-order valence-electron chi connectivity index (χ2n) is 8.89. The molecule has 0 aliphatic rings. The smallest absolute Gasteiger partial charge is 0.271 e. The zero-order valence-electron chi connectivity index (χ0n) is 21.0. The van der Waals surface area contributed by atoms with Crippen LogP contribution in [0.5, 0.6) is 0 Å². The van der Waals surface area contributed by atoms with E-state index >= 15 is 0 Å². The zero-order valence-corrected chi connectivity index (χ0v) is 21.8. The lowest BCUT2D eigenvalue weighted by Gasteiger charge is -2.21. The molecule has 190 valence electrons. The molecule has 0 saturated carbocycles. The molecule has 8 heteroatoms. The summed E-state index contributed by atoms with van der Waals surface area (Å²) in [5.41, 5.74) is 6.82. The first-order valence-electron chi connectivity index (χ1n) is 11.8. The Balaban J connectivity index is 1.51. The van der Waals surface area contributed by atoms with Crippen molar-refractivity contribution in [3.63, 3.8) is 0 Å². The third-order valence-corrected chi connectivity index (χ3v) is 7.71. The van der Waals surface area contributed by atoms with Crippen LogP contribution >= 0.6 is 0 Å². The highest BCUT2D eigenvalue weighted by Crippen LogP contribution is 2.22. The van der Waals surface area contributed by atoms with Crippen LogP contribution in [0.2, 0.25) is 0 Å². The molecule has 37 heavy (non-hydrogen) atoms. The molecule has 1 amide bonds. The molecule has 1 aromatic heterocycles. The van der Waals surface area contributed by atoms with Crippen LogP contribution in [0, 0.1) is 20.8 Å². The van der Waals surface area contributed by atoms with E-state index in [1.165, 1.54) is 10.5 Å². The number of nitrogens with zero attached hydrogens (tertiary/aromatic N) is 2. The van der Waals surface area contributed by atoms with Gasteiger partial charge in [0.1, 0.15) is 11.5 Å². The Hall–Kier alpha value is -4.01. The number of hydrogen-bond donors (Lipinski definition) is 1. The van der Waals surface area contributed by atoms with Crippen LogP contribution in [0.1, 0.15) is 44.1 Å². The summed E-state index contributed by atoms with van der Waals surface area (Å²) in [4.78, 5) is 12.6. The van der Waals surface area contributed by atoms with Crippen molar-refractivity contribution in [2.75, 3.05) is 0 Å². The van der Waals surface area contributed by atoms with E-state index in [1.807, 2.05) is 57.2 Å². The normalized spacial score (nSPS) is 11.8. The molecule has 4 rings (SSSR count). The molecule has 3 aromatic carbocycles. The number of carbonyl (C=O) groups excluding carboxylic acids is 1. The SMILES string of the molecule is Cc1ccc(CN(Cc2ccc(/C=N\NC(=O)c3ccccc3C)o2)S(=O)(=O)c2ccc(C)cc2)cc1. The van der Waals surface area contributed by atoms with Gasteiger partial charge in [-0.15, -0.1) is 0 Å². The lowest BCUT2D eigenvalue weighted by Crippen LogP contribution is -2.30. The molecule has 0 atom stereocenters. The molecule has 1 N–H and O–H groups in total. The summed E-state index contributed by atoms with van der Waals surface area (Å²) in [6, 6.07) is 25.2. The highest BCUT2D eigenvalue weighted by molar-refractivity contribution is 7.89. The van der Waals surface area contributed by atoms with Crippen LogP contribution in [-0.2, 0) is 23.1 Å². The third-order valence-electron chi connectivity index (χ3n) is 5.90. The molecule has 0 spiro atoms. The molecule has 4 aromatic rings. The van der Waals surface area contributed by atoms with Crippen molar-refractivity contribution in [1.82, 2.24) is 9.73 Å². The van der Waals surface area contributed by atoms with Gasteiger partial charge >= 0.3 is 0 Å². The van der Waals surface area contributed by atoms with Crippen molar-refractivity contribution in [2.24, 2.45) is 5.10 Å². The Morgan fingerprint density at radius 1 is 0.865 bits per heavy atom. The molecule has 0 aliphatic carbocycles. The Bertz CT molecular complexity index is 1510. The van der Waals surface area contributed by atoms with E-state index in [1.54, 1.807) is 48.5 Å². The van der Waals surface area contributed by atoms with Crippen molar-refractivity contribution < 1.29 is 17.6 Å². The largest absolute Gasteiger partial charge is 0.459 e. The maximum Gasteiger partial charge on any atom is 0.271 e. The van der Waals surface area contributed by atoms with Crippen molar-refractivity contribution in [3.8, 4) is 0 Å². The minimum Gasteiger partial charge on any atom is -0.459 e. The Kier molecular flexibility index (Phi) is 8.01. The maximum atomic E-state index is 13.5. The van der Waals surface area contributed by atoms with Gasteiger partial charge in [-0.05, 0) is 62.2 Å². The van der Waals surface area contributed by atoms with E-state index in [4.69, 9.17) is 4.42 Å². The number of benzene rings is 3. The van der Waals surface area contributed by atoms with E-state index in [9.17, 15) is 13.2 Å². The van der Waals surface area contributed by atoms with Gasteiger partial charge < -0.3 is 4.42 Å². The van der Waals surface area contributed by atoms with Crippen LogP contribution in [0.15, 0.2) is 99.3 Å². The van der Waals surface area contributed by atoms with Gasteiger partial charge in [-0.3, -0.25) is 4.79 Å². The van der Waals surface area contributed by atoms with Gasteiger partial charge in [0.15, 0.2) is 0 Å². The number of aryl methyl sites for hydroxylation is 3. The average Bonchev–Trinajstić information content (AvgIpc) is 3.32. The lowest BCUT2D eigenvalue weighted by atomic mass is 10.1. The van der Waals surface area contributed by atoms with Gasteiger partial charge in [-0.1, -0.05) is 65.7 Å². The standard InChI is InChI=1S/C29H29N3O4S/c1-21-8-12-24(13-9-21)19-32(37(34,35)27-16-10-22(2)11-17-27)20-26-15-14-25(36-26)18-30-31-29(33)28-7-5-4-6-23(28)3/h4-18H,19-20H2,1-3H3,(H,31,33)/b30-18-. The van der Waals surface area contributed by atoms with Crippen LogP contribution < -0.4 is 5.43 Å². The van der Waals surface area contributed by atoms with Gasteiger partial charge in [-0.2, -0.15) is 9.41 Å². The maximum absolute atomic E-state index is 13.5. The van der Waals surface area contributed by atoms with E-state index in [0.717, 1.165) is 22.3 Å². The number of rotatable bonds is 9. The highest BCUT2D eigenvalue weighted by atomic mass is 32.2. The minimum absolute atomic E-state index is 0.0352. The minimum atomic E-state index is -3.80. The summed E-state index contributed by atoms with van der Waals surface area (Å²) in [7, 11) is -3.80. The topological polar surface area (TPSA) is 92.0 Å². The summed E-state index contributed by atoms with van der Waals surface area (Å²) in [5, 5.41) is 3.98. The number of hydrazone groups is 1. The van der Waals surface area contributed by atoms with Crippen molar-refractivity contribution in [1.29, 1.82) is 0 Å². The number of furan rings is 1. The van der Waals surface area contributed by atoms with Crippen LogP contribution in [-0.4, -0.2) is 24.8 Å². The van der Waals surface area contributed by atoms with Gasteiger partial charge in [0, 0.05) is 12.1 Å². The van der Waals surface area contributed by atoms with Gasteiger partial charge in [-0.25, -0.2) is 13.8 Å². The third kappa shape index (κ3) is 6.61. The summed E-state index contributed by atoms with van der Waals surface area (Å²) in [5.74, 6) is 0.521. The van der Waals surface area contributed by atoms with Gasteiger partial charge in [0.05, 0.1) is 17.7 Å². The molecule has 0 bridgehead atoms. The predicted octanol–water partition coefficient (Wildman–Crippen LogP) is 5.36. The summed E-state index contributed by atoms with van der Waals surface area (Å²) < 4.78 is 34.3. The first-order chi connectivity index (χ1) is 17.7. The molecule has 0 saturated heterocycles. The zero-order chi connectivity index (χ0) is 26.4. The number of hydrogen-bond acceptors (Lipinski definition) is 5.